The highest BCUT2D eigenvalue weighted by atomic mass is 19.1. The van der Waals surface area contributed by atoms with Crippen molar-refractivity contribution >= 4 is 29.0 Å². The second-order valence-corrected chi connectivity index (χ2v) is 7.02. The molecular formula is C24H22FN3O3. The Labute approximate surface area is 179 Å². The van der Waals surface area contributed by atoms with Crippen LogP contribution in [0.4, 0.5) is 15.8 Å². The Hall–Kier alpha value is -3.84. The molecule has 0 aromatic heterocycles. The number of amides is 2. The quantitative estimate of drug-likeness (QED) is 0.547. The van der Waals surface area contributed by atoms with Gasteiger partial charge in [0.25, 0.3) is 0 Å². The molecule has 3 aromatic carbocycles. The lowest BCUT2D eigenvalue weighted by Crippen LogP contribution is -2.36. The van der Waals surface area contributed by atoms with Crippen molar-refractivity contribution in [2.45, 2.75) is 0 Å². The maximum atomic E-state index is 12.9. The first-order valence-corrected chi connectivity index (χ1v) is 9.65. The third-order valence-corrected chi connectivity index (χ3v) is 4.44. The lowest BCUT2D eigenvalue weighted by molar-refractivity contribution is -0.119. The molecule has 3 rings (SSSR count). The first kappa shape index (κ1) is 21.9. The van der Waals surface area contributed by atoms with Gasteiger partial charge in [0.1, 0.15) is 5.82 Å². The lowest BCUT2D eigenvalue weighted by Gasteiger charge is -2.17. The summed E-state index contributed by atoms with van der Waals surface area (Å²) >= 11 is 0. The Morgan fingerprint density at radius 1 is 0.774 bits per heavy atom. The number of anilines is 2. The summed E-state index contributed by atoms with van der Waals surface area (Å²) in [7, 11) is 1.63. The number of benzene rings is 3. The fraction of sp³-hybridized carbons (Fsp3) is 0.125. The summed E-state index contributed by atoms with van der Waals surface area (Å²) in [6, 6.07) is 21.0. The van der Waals surface area contributed by atoms with Gasteiger partial charge >= 0.3 is 0 Å². The van der Waals surface area contributed by atoms with Gasteiger partial charge in [0.15, 0.2) is 5.78 Å². The average Bonchev–Trinajstić information content (AvgIpc) is 2.75. The minimum atomic E-state index is -0.391. The molecule has 3 aromatic rings. The predicted molar refractivity (Wildman–Crippen MR) is 117 cm³/mol. The Kier molecular flexibility index (Phi) is 7.24. The van der Waals surface area contributed by atoms with Gasteiger partial charge in [0.05, 0.1) is 18.8 Å². The topological polar surface area (TPSA) is 78.5 Å². The van der Waals surface area contributed by atoms with Gasteiger partial charge in [-0.05, 0) is 43.4 Å². The standard InChI is InChI=1S/C24H22FN3O3/c1-28(15-22(29)26-19-13-11-18(25)12-14-19)16-23(30)27-21-10-6-5-9-20(21)24(31)17-7-3-2-4-8-17/h2-14H,15-16H2,1H3,(H,26,29)(H,27,30). The number of hydrogen-bond donors (Lipinski definition) is 2. The van der Waals surface area contributed by atoms with Crippen molar-refractivity contribution in [3.05, 3.63) is 95.8 Å². The highest BCUT2D eigenvalue weighted by Crippen LogP contribution is 2.19. The number of para-hydroxylation sites is 1. The van der Waals surface area contributed by atoms with E-state index in [9.17, 15) is 18.8 Å². The summed E-state index contributed by atoms with van der Waals surface area (Å²) in [5, 5.41) is 5.39. The average molecular weight is 419 g/mol. The van der Waals surface area contributed by atoms with Crippen LogP contribution in [0.25, 0.3) is 0 Å². The number of rotatable bonds is 8. The number of carbonyl (C=O) groups is 3. The SMILES string of the molecule is CN(CC(=O)Nc1ccc(F)cc1)CC(=O)Nc1ccccc1C(=O)c1ccccc1. The zero-order valence-corrected chi connectivity index (χ0v) is 17.0. The zero-order chi connectivity index (χ0) is 22.2. The van der Waals surface area contributed by atoms with Crippen molar-refractivity contribution in [1.82, 2.24) is 4.90 Å². The third-order valence-electron chi connectivity index (χ3n) is 4.44. The van der Waals surface area contributed by atoms with E-state index >= 15 is 0 Å². The number of carbonyl (C=O) groups excluding carboxylic acids is 3. The Bertz CT molecular complexity index is 1070. The van der Waals surface area contributed by atoms with Crippen LogP contribution in [0, 0.1) is 5.82 Å². The van der Waals surface area contributed by atoms with E-state index in [0.29, 0.717) is 22.5 Å². The van der Waals surface area contributed by atoms with E-state index in [1.54, 1.807) is 55.6 Å². The van der Waals surface area contributed by atoms with Gasteiger partial charge in [-0.25, -0.2) is 4.39 Å². The van der Waals surface area contributed by atoms with Gasteiger partial charge in [-0.3, -0.25) is 19.3 Å². The van der Waals surface area contributed by atoms with E-state index in [0.717, 1.165) is 0 Å². The molecule has 0 atom stereocenters. The summed E-state index contributed by atoms with van der Waals surface area (Å²) in [5.41, 5.74) is 1.79. The second kappa shape index (κ2) is 10.3. The summed E-state index contributed by atoms with van der Waals surface area (Å²) in [4.78, 5) is 38.9. The highest BCUT2D eigenvalue weighted by Gasteiger charge is 2.16. The van der Waals surface area contributed by atoms with Crippen molar-refractivity contribution in [3.63, 3.8) is 0 Å². The van der Waals surface area contributed by atoms with E-state index in [1.807, 2.05) is 6.07 Å². The van der Waals surface area contributed by atoms with Crippen LogP contribution in [0.1, 0.15) is 15.9 Å². The van der Waals surface area contributed by atoms with Crippen LogP contribution in [0.2, 0.25) is 0 Å². The van der Waals surface area contributed by atoms with E-state index in [2.05, 4.69) is 10.6 Å². The fourth-order valence-corrected chi connectivity index (χ4v) is 3.00. The van der Waals surface area contributed by atoms with Crippen molar-refractivity contribution < 1.29 is 18.8 Å². The maximum Gasteiger partial charge on any atom is 0.238 e. The molecule has 2 amide bonds. The van der Waals surface area contributed by atoms with Crippen LogP contribution in [0.3, 0.4) is 0 Å². The van der Waals surface area contributed by atoms with Crippen LogP contribution < -0.4 is 10.6 Å². The number of halogens is 1. The van der Waals surface area contributed by atoms with E-state index in [-0.39, 0.29) is 30.7 Å². The van der Waals surface area contributed by atoms with Crippen molar-refractivity contribution in [1.29, 1.82) is 0 Å². The highest BCUT2D eigenvalue weighted by molar-refractivity contribution is 6.13. The summed E-state index contributed by atoms with van der Waals surface area (Å²) in [5.74, 6) is -1.27. The minimum Gasteiger partial charge on any atom is -0.325 e. The van der Waals surface area contributed by atoms with Crippen molar-refractivity contribution in [2.24, 2.45) is 0 Å². The van der Waals surface area contributed by atoms with Crippen LogP contribution in [0.5, 0.6) is 0 Å². The molecule has 0 aliphatic heterocycles. The molecule has 0 spiro atoms. The van der Waals surface area contributed by atoms with Gasteiger partial charge in [-0.2, -0.15) is 0 Å². The molecule has 0 saturated heterocycles. The summed E-state index contributed by atoms with van der Waals surface area (Å²) in [6.07, 6.45) is 0. The normalized spacial score (nSPS) is 10.5. The molecule has 0 saturated carbocycles. The van der Waals surface area contributed by atoms with Crippen molar-refractivity contribution in [3.8, 4) is 0 Å². The predicted octanol–water partition coefficient (Wildman–Crippen LogP) is 3.57. The molecule has 0 heterocycles. The fourth-order valence-electron chi connectivity index (χ4n) is 3.00. The van der Waals surface area contributed by atoms with Crippen LogP contribution in [-0.2, 0) is 9.59 Å². The van der Waals surface area contributed by atoms with Crippen LogP contribution in [0.15, 0.2) is 78.9 Å². The second-order valence-electron chi connectivity index (χ2n) is 7.02. The number of likely N-dealkylation sites (N-methyl/N-ethyl adjacent to an activating group) is 1. The summed E-state index contributed by atoms with van der Waals surface area (Å²) in [6.45, 7) is -0.0832. The largest absolute Gasteiger partial charge is 0.325 e. The van der Waals surface area contributed by atoms with Gasteiger partial charge in [-0.15, -0.1) is 0 Å². The van der Waals surface area contributed by atoms with E-state index in [4.69, 9.17) is 0 Å². The third kappa shape index (κ3) is 6.32. The number of nitrogens with zero attached hydrogens (tertiary/aromatic N) is 1. The monoisotopic (exact) mass is 419 g/mol. The molecule has 0 fully saturated rings. The molecule has 0 radical (unpaired) electrons. The van der Waals surface area contributed by atoms with Gasteiger partial charge < -0.3 is 10.6 Å². The van der Waals surface area contributed by atoms with E-state index in [1.165, 1.54) is 29.2 Å². The Morgan fingerprint density at radius 3 is 2.03 bits per heavy atom. The van der Waals surface area contributed by atoms with E-state index < -0.39 is 5.82 Å². The van der Waals surface area contributed by atoms with Crippen LogP contribution in [-0.4, -0.2) is 42.6 Å². The molecule has 0 unspecified atom stereocenters. The molecule has 0 aliphatic rings. The van der Waals surface area contributed by atoms with Gasteiger partial charge in [-0.1, -0.05) is 42.5 Å². The zero-order valence-electron chi connectivity index (χ0n) is 17.0. The smallest absolute Gasteiger partial charge is 0.238 e. The molecular weight excluding hydrogens is 397 g/mol. The van der Waals surface area contributed by atoms with Gasteiger partial charge in [0, 0.05) is 16.8 Å². The number of ketones is 1. The molecule has 0 bridgehead atoms. The molecule has 7 heteroatoms. The van der Waals surface area contributed by atoms with Crippen molar-refractivity contribution in [2.75, 3.05) is 30.8 Å². The Balaban J connectivity index is 1.57. The molecule has 0 aliphatic carbocycles. The Morgan fingerprint density at radius 2 is 1.35 bits per heavy atom. The first-order chi connectivity index (χ1) is 14.9. The number of hydrogen-bond acceptors (Lipinski definition) is 4. The lowest BCUT2D eigenvalue weighted by atomic mass is 10.0. The van der Waals surface area contributed by atoms with Gasteiger partial charge in [0.2, 0.25) is 11.8 Å². The molecule has 158 valence electrons. The molecule has 31 heavy (non-hydrogen) atoms. The minimum absolute atomic E-state index is 0.0324. The maximum absolute atomic E-state index is 12.9. The summed E-state index contributed by atoms with van der Waals surface area (Å²) < 4.78 is 12.9. The molecule has 6 nitrogen and oxygen atoms in total. The molecule has 2 N–H and O–H groups in total. The van der Waals surface area contributed by atoms with Crippen LogP contribution >= 0.6 is 0 Å². The first-order valence-electron chi connectivity index (χ1n) is 9.65. The number of nitrogens with one attached hydrogen (secondary N) is 2.